The lowest BCUT2D eigenvalue weighted by atomic mass is 10.0. The van der Waals surface area contributed by atoms with E-state index in [1.807, 2.05) is 0 Å². The molecule has 0 radical (unpaired) electrons. The van der Waals surface area contributed by atoms with Gasteiger partial charge in [0.25, 0.3) is 5.91 Å². The highest BCUT2D eigenvalue weighted by molar-refractivity contribution is 6.31. The van der Waals surface area contributed by atoms with Gasteiger partial charge in [0.05, 0.1) is 12.7 Å². The number of benzene rings is 1. The number of carbonyl (C=O) groups excluding carboxylic acids is 2. The van der Waals surface area contributed by atoms with Crippen LogP contribution < -0.4 is 10.1 Å². The van der Waals surface area contributed by atoms with E-state index < -0.39 is 0 Å². The number of rotatable bonds is 4. The molecular weight excluding hydrogens is 316 g/mol. The Bertz CT molecular complexity index is 608. The molecule has 2 amide bonds. The molecule has 124 valence electrons. The third-order valence-electron chi connectivity index (χ3n) is 4.47. The van der Waals surface area contributed by atoms with Crippen LogP contribution >= 0.6 is 11.6 Å². The highest BCUT2D eigenvalue weighted by Crippen LogP contribution is 2.29. The van der Waals surface area contributed by atoms with E-state index in [0.29, 0.717) is 29.4 Å². The van der Waals surface area contributed by atoms with Crippen molar-refractivity contribution in [3.63, 3.8) is 0 Å². The second-order valence-corrected chi connectivity index (χ2v) is 6.63. The van der Waals surface area contributed by atoms with Crippen molar-refractivity contribution in [1.29, 1.82) is 0 Å². The predicted octanol–water partition coefficient (Wildman–Crippen LogP) is 2.48. The molecule has 0 aromatic heterocycles. The van der Waals surface area contributed by atoms with Gasteiger partial charge in [-0.25, -0.2) is 0 Å². The van der Waals surface area contributed by atoms with Crippen LogP contribution in [0.15, 0.2) is 18.2 Å². The molecule has 2 aliphatic rings. The molecule has 1 heterocycles. The van der Waals surface area contributed by atoms with Crippen molar-refractivity contribution in [3.8, 4) is 5.75 Å². The summed E-state index contributed by atoms with van der Waals surface area (Å²) in [6, 6.07) is 5.23. The molecule has 0 unspecified atom stereocenters. The van der Waals surface area contributed by atoms with Gasteiger partial charge in [0.2, 0.25) is 5.91 Å². The second kappa shape index (κ2) is 6.79. The van der Waals surface area contributed by atoms with Crippen molar-refractivity contribution in [2.45, 2.75) is 31.7 Å². The van der Waals surface area contributed by atoms with Crippen LogP contribution in [0.1, 0.15) is 36.0 Å². The van der Waals surface area contributed by atoms with E-state index >= 15 is 0 Å². The van der Waals surface area contributed by atoms with Crippen LogP contribution in [0, 0.1) is 5.92 Å². The lowest BCUT2D eigenvalue weighted by molar-refractivity contribution is -0.123. The SMILES string of the molecule is COc1ccc(Cl)cc1C(=O)N1CCC(NC(=O)C2CC2)CC1. The Balaban J connectivity index is 1.59. The first-order chi connectivity index (χ1) is 11.1. The lowest BCUT2D eigenvalue weighted by Crippen LogP contribution is -2.47. The Kier molecular flexibility index (Phi) is 4.76. The van der Waals surface area contributed by atoms with E-state index in [-0.39, 0.29) is 23.8 Å². The minimum Gasteiger partial charge on any atom is -0.496 e. The maximum atomic E-state index is 12.7. The first kappa shape index (κ1) is 16.1. The molecule has 23 heavy (non-hydrogen) atoms. The molecule has 1 saturated carbocycles. The number of hydrogen-bond donors (Lipinski definition) is 1. The molecule has 1 aromatic rings. The van der Waals surface area contributed by atoms with Crippen molar-refractivity contribution in [2.24, 2.45) is 5.92 Å². The zero-order chi connectivity index (χ0) is 16.4. The van der Waals surface area contributed by atoms with Crippen LogP contribution in [0.25, 0.3) is 0 Å². The zero-order valence-corrected chi connectivity index (χ0v) is 13.9. The summed E-state index contributed by atoms with van der Waals surface area (Å²) < 4.78 is 5.26. The summed E-state index contributed by atoms with van der Waals surface area (Å²) >= 11 is 6.00. The third kappa shape index (κ3) is 3.78. The van der Waals surface area contributed by atoms with Gasteiger partial charge < -0.3 is 15.0 Å². The van der Waals surface area contributed by atoms with E-state index in [1.54, 1.807) is 30.2 Å². The normalized spacial score (nSPS) is 18.6. The molecule has 5 nitrogen and oxygen atoms in total. The van der Waals surface area contributed by atoms with Crippen molar-refractivity contribution >= 4 is 23.4 Å². The van der Waals surface area contributed by atoms with Gasteiger partial charge in [-0.3, -0.25) is 9.59 Å². The quantitative estimate of drug-likeness (QED) is 0.919. The topological polar surface area (TPSA) is 58.6 Å². The highest BCUT2D eigenvalue weighted by Gasteiger charge is 2.32. The van der Waals surface area contributed by atoms with E-state index in [4.69, 9.17) is 16.3 Å². The van der Waals surface area contributed by atoms with Gasteiger partial charge >= 0.3 is 0 Å². The molecule has 1 N–H and O–H groups in total. The first-order valence-corrected chi connectivity index (χ1v) is 8.39. The molecule has 0 spiro atoms. The summed E-state index contributed by atoms with van der Waals surface area (Å²) in [5.74, 6) is 0.858. The Morgan fingerprint density at radius 2 is 1.91 bits per heavy atom. The van der Waals surface area contributed by atoms with Gasteiger partial charge in [-0.1, -0.05) is 11.6 Å². The molecule has 2 fully saturated rings. The van der Waals surface area contributed by atoms with Crippen LogP contribution in [-0.2, 0) is 4.79 Å². The molecule has 0 atom stereocenters. The highest BCUT2D eigenvalue weighted by atomic mass is 35.5. The molecule has 1 aliphatic carbocycles. The summed E-state index contributed by atoms with van der Waals surface area (Å²) in [7, 11) is 1.54. The Morgan fingerprint density at radius 3 is 2.52 bits per heavy atom. The summed E-state index contributed by atoms with van der Waals surface area (Å²) in [5.41, 5.74) is 0.487. The van der Waals surface area contributed by atoms with Crippen LogP contribution in [0.3, 0.4) is 0 Å². The largest absolute Gasteiger partial charge is 0.496 e. The third-order valence-corrected chi connectivity index (χ3v) is 4.70. The van der Waals surface area contributed by atoms with Crippen LogP contribution in [0.4, 0.5) is 0 Å². The number of amides is 2. The number of piperidine rings is 1. The Hall–Kier alpha value is -1.75. The summed E-state index contributed by atoms with van der Waals surface area (Å²) in [4.78, 5) is 26.3. The smallest absolute Gasteiger partial charge is 0.257 e. The molecule has 1 aromatic carbocycles. The van der Waals surface area contributed by atoms with Crippen molar-refractivity contribution < 1.29 is 14.3 Å². The average molecular weight is 337 g/mol. The number of nitrogens with one attached hydrogen (secondary N) is 1. The monoisotopic (exact) mass is 336 g/mol. The van der Waals surface area contributed by atoms with Gasteiger partial charge in [-0.2, -0.15) is 0 Å². The van der Waals surface area contributed by atoms with Gasteiger partial charge in [-0.15, -0.1) is 0 Å². The van der Waals surface area contributed by atoms with Gasteiger partial charge in [0, 0.05) is 30.1 Å². The predicted molar refractivity (Wildman–Crippen MR) is 87.8 cm³/mol. The van der Waals surface area contributed by atoms with Gasteiger partial charge in [0.1, 0.15) is 5.75 Å². The zero-order valence-electron chi connectivity index (χ0n) is 13.2. The number of ether oxygens (including phenoxy) is 1. The molecule has 3 rings (SSSR count). The fraction of sp³-hybridized carbons (Fsp3) is 0.529. The second-order valence-electron chi connectivity index (χ2n) is 6.19. The molecular formula is C17H21ClN2O3. The van der Waals surface area contributed by atoms with E-state index in [0.717, 1.165) is 25.7 Å². The van der Waals surface area contributed by atoms with Gasteiger partial charge in [0.15, 0.2) is 0 Å². The number of nitrogens with zero attached hydrogens (tertiary/aromatic N) is 1. The number of methoxy groups -OCH3 is 1. The molecule has 6 heteroatoms. The molecule has 1 saturated heterocycles. The molecule has 1 aliphatic heterocycles. The fourth-order valence-corrected chi connectivity index (χ4v) is 3.08. The average Bonchev–Trinajstić information content (AvgIpc) is 3.40. The van der Waals surface area contributed by atoms with E-state index in [1.165, 1.54) is 0 Å². The number of hydrogen-bond acceptors (Lipinski definition) is 3. The lowest BCUT2D eigenvalue weighted by Gasteiger charge is -2.32. The Labute approximate surface area is 140 Å². The Morgan fingerprint density at radius 1 is 1.22 bits per heavy atom. The first-order valence-electron chi connectivity index (χ1n) is 8.01. The van der Waals surface area contributed by atoms with Crippen LogP contribution in [0.5, 0.6) is 5.75 Å². The minimum absolute atomic E-state index is 0.0729. The maximum Gasteiger partial charge on any atom is 0.257 e. The van der Waals surface area contributed by atoms with Crippen molar-refractivity contribution in [2.75, 3.05) is 20.2 Å². The van der Waals surface area contributed by atoms with Gasteiger partial charge in [-0.05, 0) is 43.9 Å². The summed E-state index contributed by atoms with van der Waals surface area (Å²) in [5, 5.41) is 3.60. The number of carbonyl (C=O) groups is 2. The molecule has 0 bridgehead atoms. The maximum absolute atomic E-state index is 12.7. The number of halogens is 1. The summed E-state index contributed by atoms with van der Waals surface area (Å²) in [6.45, 7) is 1.26. The number of likely N-dealkylation sites (tertiary alicyclic amines) is 1. The summed E-state index contributed by atoms with van der Waals surface area (Å²) in [6.07, 6.45) is 3.59. The van der Waals surface area contributed by atoms with Crippen molar-refractivity contribution in [3.05, 3.63) is 28.8 Å². The van der Waals surface area contributed by atoms with Crippen molar-refractivity contribution in [1.82, 2.24) is 10.2 Å². The van der Waals surface area contributed by atoms with Crippen LogP contribution in [-0.4, -0.2) is 43.0 Å². The minimum atomic E-state index is -0.0729. The van der Waals surface area contributed by atoms with Crippen LogP contribution in [0.2, 0.25) is 5.02 Å². The standard InChI is InChI=1S/C17H21ClN2O3/c1-23-15-5-4-12(18)10-14(15)17(22)20-8-6-13(7-9-20)19-16(21)11-2-3-11/h4-5,10-11,13H,2-3,6-9H2,1H3,(H,19,21). The van der Waals surface area contributed by atoms with E-state index in [9.17, 15) is 9.59 Å². The van der Waals surface area contributed by atoms with E-state index in [2.05, 4.69) is 5.32 Å². The fourth-order valence-electron chi connectivity index (χ4n) is 2.91.